The predicted molar refractivity (Wildman–Crippen MR) is 58.6 cm³/mol. The fourth-order valence-corrected chi connectivity index (χ4v) is 2.18. The lowest BCUT2D eigenvalue weighted by Crippen LogP contribution is -1.96. The molecule has 0 saturated carbocycles. The lowest BCUT2D eigenvalue weighted by Gasteiger charge is -1.99. The van der Waals surface area contributed by atoms with Crippen LogP contribution in [0.5, 0.6) is 0 Å². The molecule has 0 aliphatic carbocycles. The van der Waals surface area contributed by atoms with Crippen LogP contribution < -0.4 is 0 Å². The molecule has 1 atom stereocenters. The average Bonchev–Trinajstić information content (AvgIpc) is 2.16. The van der Waals surface area contributed by atoms with Gasteiger partial charge in [-0.2, -0.15) is 0 Å². The summed E-state index contributed by atoms with van der Waals surface area (Å²) in [6.45, 7) is 0. The van der Waals surface area contributed by atoms with Crippen molar-refractivity contribution in [1.82, 2.24) is 0 Å². The summed E-state index contributed by atoms with van der Waals surface area (Å²) in [4.78, 5) is 19.6. The predicted octanol–water partition coefficient (Wildman–Crippen LogP) is 2.10. The number of rotatable bonds is 3. The monoisotopic (exact) mass is 266 g/mol. The van der Waals surface area contributed by atoms with Gasteiger partial charge in [-0.15, -0.1) is 0 Å². The van der Waals surface area contributed by atoms with Crippen molar-refractivity contribution in [3.8, 4) is 0 Å². The van der Waals surface area contributed by atoms with E-state index in [0.717, 1.165) is 12.1 Å². The number of nitro benzene ring substituents is 2. The van der Waals surface area contributed by atoms with Crippen LogP contribution in [0, 0.1) is 20.2 Å². The van der Waals surface area contributed by atoms with Gasteiger partial charge in [0.2, 0.25) is 0 Å². The van der Waals surface area contributed by atoms with Gasteiger partial charge in [-0.1, -0.05) is 0 Å². The molecule has 1 unspecified atom stereocenters. The maximum Gasteiger partial charge on any atom is 0.291 e. The molecule has 0 aliphatic heterocycles. The van der Waals surface area contributed by atoms with Gasteiger partial charge in [-0.3, -0.25) is 20.2 Å². The molecular formula is C6H3ClN2O4S2. The molecule has 0 saturated heterocycles. The third-order valence-electron chi connectivity index (χ3n) is 1.52. The standard InChI is InChI=1S/C6H3ClN2O4S2/c7-15(14)6-2-1-4(8(10)11)3-5(6)9(12)13/h1-3H. The van der Waals surface area contributed by atoms with Crippen molar-refractivity contribution in [2.45, 2.75) is 4.90 Å². The Morgan fingerprint density at radius 2 is 1.87 bits per heavy atom. The highest BCUT2D eigenvalue weighted by atomic mass is 35.7. The molecule has 0 aromatic heterocycles. The quantitative estimate of drug-likeness (QED) is 0.475. The van der Waals surface area contributed by atoms with Gasteiger partial charge in [0, 0.05) is 14.7 Å². The Kier molecular flexibility index (Phi) is 3.66. The summed E-state index contributed by atoms with van der Waals surface area (Å²) < 4.78 is 0. The largest absolute Gasteiger partial charge is 0.291 e. The number of nitrogens with zero attached hydrogens (tertiary/aromatic N) is 2. The lowest BCUT2D eigenvalue weighted by atomic mass is 10.3. The molecule has 0 spiro atoms. The molecule has 15 heavy (non-hydrogen) atoms. The highest BCUT2D eigenvalue weighted by molar-refractivity contribution is 8.42. The van der Waals surface area contributed by atoms with Crippen molar-refractivity contribution in [1.29, 1.82) is 0 Å². The van der Waals surface area contributed by atoms with Crippen LogP contribution in [-0.4, -0.2) is 9.85 Å². The average molecular weight is 267 g/mol. The fourth-order valence-electron chi connectivity index (χ4n) is 0.898. The summed E-state index contributed by atoms with van der Waals surface area (Å²) in [5.74, 6) is 0. The number of halogens is 1. The minimum atomic E-state index is -1.24. The normalized spacial score (nSPS) is 12.1. The minimum Gasteiger partial charge on any atom is -0.258 e. The summed E-state index contributed by atoms with van der Waals surface area (Å²) in [5, 5.41) is 21.0. The van der Waals surface area contributed by atoms with Crippen LogP contribution in [0.25, 0.3) is 0 Å². The van der Waals surface area contributed by atoms with Crippen molar-refractivity contribution in [2.24, 2.45) is 0 Å². The van der Waals surface area contributed by atoms with E-state index in [4.69, 9.17) is 10.7 Å². The van der Waals surface area contributed by atoms with E-state index in [1.807, 2.05) is 0 Å². The van der Waals surface area contributed by atoms with E-state index in [2.05, 4.69) is 11.2 Å². The molecule has 9 heteroatoms. The van der Waals surface area contributed by atoms with Gasteiger partial charge in [0.05, 0.1) is 15.9 Å². The Balaban J connectivity index is 3.40. The first kappa shape index (κ1) is 12.0. The molecule has 0 fully saturated rings. The first-order valence-electron chi connectivity index (χ1n) is 3.44. The number of non-ortho nitro benzene ring substituents is 1. The van der Waals surface area contributed by atoms with Gasteiger partial charge in [-0.05, 0) is 27.9 Å². The second-order valence-electron chi connectivity index (χ2n) is 2.39. The molecule has 0 radical (unpaired) electrons. The van der Waals surface area contributed by atoms with E-state index in [0.29, 0.717) is 0 Å². The van der Waals surface area contributed by atoms with Crippen molar-refractivity contribution in [3.05, 3.63) is 38.4 Å². The molecule has 1 rings (SSSR count). The molecule has 80 valence electrons. The van der Waals surface area contributed by atoms with Crippen LogP contribution in [0.3, 0.4) is 0 Å². The van der Waals surface area contributed by atoms with Crippen molar-refractivity contribution in [2.75, 3.05) is 0 Å². The summed E-state index contributed by atoms with van der Waals surface area (Å²) in [7, 11) is 4.31. The van der Waals surface area contributed by atoms with E-state index in [-0.39, 0.29) is 10.6 Å². The van der Waals surface area contributed by atoms with Crippen molar-refractivity contribution in [3.63, 3.8) is 0 Å². The van der Waals surface area contributed by atoms with E-state index in [1.165, 1.54) is 6.07 Å². The van der Waals surface area contributed by atoms with Gasteiger partial charge in [0.25, 0.3) is 11.4 Å². The van der Waals surface area contributed by atoms with Gasteiger partial charge in [0.15, 0.2) is 0 Å². The SMILES string of the molecule is O=[N+]([O-])c1ccc(S(=S)Cl)c([N+](=O)[O-])c1. The highest BCUT2D eigenvalue weighted by Crippen LogP contribution is 2.28. The molecule has 1 aromatic carbocycles. The number of hydrogen-bond acceptors (Lipinski definition) is 5. The number of benzene rings is 1. The van der Waals surface area contributed by atoms with Crippen LogP contribution in [0.4, 0.5) is 11.4 Å². The molecule has 0 N–H and O–H groups in total. The Bertz CT molecular complexity index is 464. The van der Waals surface area contributed by atoms with Crippen LogP contribution >= 0.6 is 10.7 Å². The van der Waals surface area contributed by atoms with E-state index < -0.39 is 24.2 Å². The molecule has 0 heterocycles. The third-order valence-corrected chi connectivity index (χ3v) is 3.25. The van der Waals surface area contributed by atoms with Crippen LogP contribution in [-0.2, 0) is 19.9 Å². The zero-order chi connectivity index (χ0) is 11.6. The van der Waals surface area contributed by atoms with Gasteiger partial charge >= 0.3 is 0 Å². The second kappa shape index (κ2) is 4.60. The summed E-state index contributed by atoms with van der Waals surface area (Å²) in [6, 6.07) is 3.19. The zero-order valence-electron chi connectivity index (χ0n) is 6.95. The zero-order valence-corrected chi connectivity index (χ0v) is 9.34. The molecule has 0 amide bonds. The number of nitro groups is 2. The second-order valence-corrected chi connectivity index (χ2v) is 5.75. The summed E-state index contributed by atoms with van der Waals surface area (Å²) in [5.41, 5.74) is -0.778. The first-order valence-corrected chi connectivity index (χ1v) is 6.42. The van der Waals surface area contributed by atoms with Crippen LogP contribution in [0.2, 0.25) is 0 Å². The number of hydrogen-bond donors (Lipinski definition) is 0. The van der Waals surface area contributed by atoms with Gasteiger partial charge < -0.3 is 0 Å². The van der Waals surface area contributed by atoms with Crippen LogP contribution in [0.1, 0.15) is 0 Å². The first-order chi connectivity index (χ1) is 6.93. The van der Waals surface area contributed by atoms with Crippen LogP contribution in [0.15, 0.2) is 23.1 Å². The van der Waals surface area contributed by atoms with Crippen molar-refractivity contribution >= 4 is 41.9 Å². The van der Waals surface area contributed by atoms with E-state index in [1.54, 1.807) is 0 Å². The summed E-state index contributed by atoms with van der Waals surface area (Å²) in [6.07, 6.45) is 0. The Morgan fingerprint density at radius 1 is 1.27 bits per heavy atom. The molecule has 0 aliphatic rings. The lowest BCUT2D eigenvalue weighted by molar-refractivity contribution is -0.396. The Hall–Kier alpha value is -1.12. The van der Waals surface area contributed by atoms with E-state index >= 15 is 0 Å². The fraction of sp³-hybridized carbons (Fsp3) is 0. The van der Waals surface area contributed by atoms with Gasteiger partial charge in [-0.25, -0.2) is 0 Å². The maximum atomic E-state index is 10.6. The smallest absolute Gasteiger partial charge is 0.258 e. The Labute approximate surface area is 95.2 Å². The molecule has 6 nitrogen and oxygen atoms in total. The molecule has 0 bridgehead atoms. The third kappa shape index (κ3) is 2.67. The highest BCUT2D eigenvalue weighted by Gasteiger charge is 2.20. The summed E-state index contributed by atoms with van der Waals surface area (Å²) >= 11 is 4.68. The molecule has 1 aromatic rings. The molecular weight excluding hydrogens is 264 g/mol. The topological polar surface area (TPSA) is 86.3 Å². The minimum absolute atomic E-state index is 0.113. The maximum absolute atomic E-state index is 10.6. The van der Waals surface area contributed by atoms with E-state index in [9.17, 15) is 20.2 Å². The van der Waals surface area contributed by atoms with Crippen molar-refractivity contribution < 1.29 is 9.85 Å². The van der Waals surface area contributed by atoms with Gasteiger partial charge in [0.1, 0.15) is 4.90 Å². The Morgan fingerprint density at radius 3 is 2.27 bits per heavy atom.